The second-order valence-corrected chi connectivity index (χ2v) is 4.78. The van der Waals surface area contributed by atoms with Crippen LogP contribution >= 0.6 is 0 Å². The Kier molecular flexibility index (Phi) is 4.42. The molecule has 0 amide bonds. The van der Waals surface area contributed by atoms with E-state index in [1.165, 1.54) is 18.9 Å². The Morgan fingerprint density at radius 1 is 1.39 bits per heavy atom. The molecule has 1 saturated carbocycles. The van der Waals surface area contributed by atoms with Crippen LogP contribution in [0, 0.1) is 5.82 Å². The molecular weight excluding hydrogens is 231 g/mol. The van der Waals surface area contributed by atoms with Crippen molar-refractivity contribution in [3.8, 4) is 5.75 Å². The van der Waals surface area contributed by atoms with E-state index >= 15 is 0 Å². The van der Waals surface area contributed by atoms with Crippen molar-refractivity contribution in [1.82, 2.24) is 0 Å². The van der Waals surface area contributed by atoms with Gasteiger partial charge in [-0.3, -0.25) is 0 Å². The monoisotopic (exact) mass is 252 g/mol. The van der Waals surface area contributed by atoms with E-state index in [1.807, 2.05) is 13.0 Å². The molecule has 1 aliphatic rings. The minimum atomic E-state index is -0.328. The third-order valence-electron chi connectivity index (χ3n) is 3.40. The van der Waals surface area contributed by atoms with E-state index in [2.05, 4.69) is 5.32 Å². The molecule has 0 radical (unpaired) electrons. The van der Waals surface area contributed by atoms with E-state index < -0.39 is 0 Å². The van der Waals surface area contributed by atoms with Crippen molar-refractivity contribution in [1.29, 1.82) is 0 Å². The van der Waals surface area contributed by atoms with Gasteiger partial charge in [0.15, 0.2) is 11.6 Å². The summed E-state index contributed by atoms with van der Waals surface area (Å²) < 4.78 is 18.9. The number of rotatable bonds is 4. The molecule has 2 atom stereocenters. The number of anilines is 1. The fourth-order valence-electron chi connectivity index (χ4n) is 2.42. The molecule has 2 unspecified atom stereocenters. The van der Waals surface area contributed by atoms with E-state index in [0.717, 1.165) is 18.5 Å². The van der Waals surface area contributed by atoms with Crippen LogP contribution < -0.4 is 15.8 Å². The molecule has 0 bridgehead atoms. The molecule has 0 heterocycles. The lowest BCUT2D eigenvalue weighted by atomic mass is 9.91. The third-order valence-corrected chi connectivity index (χ3v) is 3.40. The normalized spacial score (nSPS) is 23.7. The Hall–Kier alpha value is -1.29. The van der Waals surface area contributed by atoms with Crippen molar-refractivity contribution in [2.75, 3.05) is 11.9 Å². The molecule has 18 heavy (non-hydrogen) atoms. The predicted octanol–water partition coefficient (Wildman–Crippen LogP) is 2.91. The van der Waals surface area contributed by atoms with Crippen LogP contribution in [0.2, 0.25) is 0 Å². The largest absolute Gasteiger partial charge is 0.491 e. The molecule has 0 saturated heterocycles. The highest BCUT2D eigenvalue weighted by atomic mass is 19.1. The van der Waals surface area contributed by atoms with Crippen LogP contribution in [0.25, 0.3) is 0 Å². The first-order valence-corrected chi connectivity index (χ1v) is 6.65. The molecular formula is C14H21FN2O. The number of hydrogen-bond acceptors (Lipinski definition) is 3. The van der Waals surface area contributed by atoms with Gasteiger partial charge in [-0.25, -0.2) is 4.39 Å². The highest BCUT2D eigenvalue weighted by Gasteiger charge is 2.21. The summed E-state index contributed by atoms with van der Waals surface area (Å²) in [5.41, 5.74) is 6.84. The number of hydrogen-bond donors (Lipinski definition) is 2. The number of nitrogens with two attached hydrogens (primary N) is 1. The zero-order valence-corrected chi connectivity index (χ0v) is 10.8. The van der Waals surface area contributed by atoms with Crippen molar-refractivity contribution in [3.05, 3.63) is 24.0 Å². The van der Waals surface area contributed by atoms with Gasteiger partial charge in [0.2, 0.25) is 0 Å². The van der Waals surface area contributed by atoms with Gasteiger partial charge in [0, 0.05) is 23.8 Å². The van der Waals surface area contributed by atoms with Crippen LogP contribution in [0.4, 0.5) is 10.1 Å². The molecule has 100 valence electrons. The van der Waals surface area contributed by atoms with Crippen molar-refractivity contribution in [2.45, 2.75) is 44.7 Å². The average molecular weight is 252 g/mol. The van der Waals surface area contributed by atoms with Gasteiger partial charge < -0.3 is 15.8 Å². The second-order valence-electron chi connectivity index (χ2n) is 4.78. The molecule has 1 aromatic carbocycles. The summed E-state index contributed by atoms with van der Waals surface area (Å²) in [4.78, 5) is 0. The van der Waals surface area contributed by atoms with Crippen molar-refractivity contribution >= 4 is 5.69 Å². The highest BCUT2D eigenvalue weighted by Crippen LogP contribution is 2.25. The van der Waals surface area contributed by atoms with E-state index in [9.17, 15) is 4.39 Å². The lowest BCUT2D eigenvalue weighted by Gasteiger charge is -2.30. The summed E-state index contributed by atoms with van der Waals surface area (Å²) in [7, 11) is 0. The van der Waals surface area contributed by atoms with Gasteiger partial charge in [0.25, 0.3) is 0 Å². The summed E-state index contributed by atoms with van der Waals surface area (Å²) in [6.07, 6.45) is 4.47. The quantitative estimate of drug-likeness (QED) is 0.866. The van der Waals surface area contributed by atoms with Gasteiger partial charge in [-0.2, -0.15) is 0 Å². The first-order valence-electron chi connectivity index (χ1n) is 6.65. The van der Waals surface area contributed by atoms with Gasteiger partial charge in [0.1, 0.15) is 0 Å². The molecule has 1 aliphatic carbocycles. The summed E-state index contributed by atoms with van der Waals surface area (Å²) in [6.45, 7) is 2.31. The number of benzene rings is 1. The van der Waals surface area contributed by atoms with Gasteiger partial charge >= 0.3 is 0 Å². The lowest BCUT2D eigenvalue weighted by Crippen LogP contribution is -2.42. The Balaban J connectivity index is 2.02. The molecule has 1 fully saturated rings. The molecule has 2 rings (SSSR count). The number of halogens is 1. The van der Waals surface area contributed by atoms with Crippen LogP contribution in [-0.2, 0) is 0 Å². The Bertz CT molecular complexity index is 397. The predicted molar refractivity (Wildman–Crippen MR) is 71.4 cm³/mol. The van der Waals surface area contributed by atoms with Crippen molar-refractivity contribution in [3.63, 3.8) is 0 Å². The third kappa shape index (κ3) is 3.13. The van der Waals surface area contributed by atoms with Crippen LogP contribution in [0.3, 0.4) is 0 Å². The Morgan fingerprint density at radius 3 is 2.83 bits per heavy atom. The summed E-state index contributed by atoms with van der Waals surface area (Å²) >= 11 is 0. The molecule has 4 heteroatoms. The smallest absolute Gasteiger partial charge is 0.167 e. The lowest BCUT2D eigenvalue weighted by molar-refractivity contribution is 0.321. The SMILES string of the molecule is CCOc1ccc(NC2CCCCC2N)cc1F. The second kappa shape index (κ2) is 6.05. The fourth-order valence-corrected chi connectivity index (χ4v) is 2.42. The zero-order chi connectivity index (χ0) is 13.0. The number of ether oxygens (including phenoxy) is 1. The molecule has 3 N–H and O–H groups in total. The molecule has 0 aliphatic heterocycles. The molecule has 0 spiro atoms. The molecule has 1 aromatic rings. The van der Waals surface area contributed by atoms with Gasteiger partial charge in [0.05, 0.1) is 6.61 Å². The maximum Gasteiger partial charge on any atom is 0.167 e. The average Bonchev–Trinajstić information content (AvgIpc) is 2.36. The van der Waals surface area contributed by atoms with E-state index in [0.29, 0.717) is 12.4 Å². The topological polar surface area (TPSA) is 47.3 Å². The van der Waals surface area contributed by atoms with Gasteiger partial charge in [-0.15, -0.1) is 0 Å². The Labute approximate surface area is 108 Å². The Morgan fingerprint density at radius 2 is 2.17 bits per heavy atom. The zero-order valence-electron chi connectivity index (χ0n) is 10.8. The van der Waals surface area contributed by atoms with Crippen molar-refractivity contribution in [2.24, 2.45) is 5.73 Å². The first kappa shape index (κ1) is 13.1. The van der Waals surface area contributed by atoms with Crippen LogP contribution in [0.5, 0.6) is 5.75 Å². The first-order chi connectivity index (χ1) is 8.70. The maximum atomic E-state index is 13.7. The maximum absolute atomic E-state index is 13.7. The molecule has 0 aromatic heterocycles. The van der Waals surface area contributed by atoms with Crippen LogP contribution in [0.1, 0.15) is 32.6 Å². The van der Waals surface area contributed by atoms with Gasteiger partial charge in [-0.1, -0.05) is 12.8 Å². The number of nitrogens with one attached hydrogen (secondary N) is 1. The van der Waals surface area contributed by atoms with Crippen LogP contribution in [0.15, 0.2) is 18.2 Å². The van der Waals surface area contributed by atoms with E-state index in [4.69, 9.17) is 10.5 Å². The summed E-state index contributed by atoms with van der Waals surface area (Å²) in [5, 5.41) is 3.32. The standard InChI is InChI=1S/C14H21FN2O/c1-2-18-14-8-7-10(9-11(14)15)17-13-6-4-3-5-12(13)16/h7-9,12-13,17H,2-6,16H2,1H3. The minimum Gasteiger partial charge on any atom is -0.491 e. The van der Waals surface area contributed by atoms with Gasteiger partial charge in [-0.05, 0) is 31.9 Å². The van der Waals surface area contributed by atoms with Crippen molar-refractivity contribution < 1.29 is 9.13 Å². The summed E-state index contributed by atoms with van der Waals surface area (Å²) in [5.74, 6) is -0.0257. The molecule has 3 nitrogen and oxygen atoms in total. The highest BCUT2D eigenvalue weighted by molar-refractivity contribution is 5.48. The van der Waals surface area contributed by atoms with E-state index in [1.54, 1.807) is 6.07 Å². The van der Waals surface area contributed by atoms with E-state index in [-0.39, 0.29) is 17.9 Å². The minimum absolute atomic E-state index is 0.161. The summed E-state index contributed by atoms with van der Waals surface area (Å²) in [6, 6.07) is 5.39. The fraction of sp³-hybridized carbons (Fsp3) is 0.571. The van der Waals surface area contributed by atoms with Crippen LogP contribution in [-0.4, -0.2) is 18.7 Å².